The van der Waals surface area contributed by atoms with Gasteiger partial charge in [0.1, 0.15) is 11.6 Å². The number of imide groups is 1. The van der Waals surface area contributed by atoms with Gasteiger partial charge in [0, 0.05) is 30.7 Å². The summed E-state index contributed by atoms with van der Waals surface area (Å²) in [4.78, 5) is 47.5. The summed E-state index contributed by atoms with van der Waals surface area (Å²) in [6.45, 7) is 14.7. The molecule has 0 saturated carbocycles. The van der Waals surface area contributed by atoms with E-state index in [2.05, 4.69) is 4.85 Å². The van der Waals surface area contributed by atoms with Crippen LogP contribution in [-0.2, 0) is 25.5 Å². The van der Waals surface area contributed by atoms with Crippen molar-refractivity contribution in [2.75, 3.05) is 24.2 Å². The summed E-state index contributed by atoms with van der Waals surface area (Å²) in [7, 11) is -4.11. The smallest absolute Gasteiger partial charge is 0.416 e. The van der Waals surface area contributed by atoms with Gasteiger partial charge in [-0.25, -0.2) is 27.8 Å². The van der Waals surface area contributed by atoms with Crippen LogP contribution in [0.2, 0.25) is 0 Å². The summed E-state index contributed by atoms with van der Waals surface area (Å²) < 4.78 is 72.5. The van der Waals surface area contributed by atoms with Crippen molar-refractivity contribution in [3.8, 4) is 6.07 Å². The molecule has 0 aromatic heterocycles. The number of anilines is 1. The van der Waals surface area contributed by atoms with Crippen LogP contribution in [0.25, 0.3) is 4.85 Å². The van der Waals surface area contributed by atoms with E-state index in [0.29, 0.717) is 23.8 Å². The van der Waals surface area contributed by atoms with Crippen LogP contribution in [0, 0.1) is 23.8 Å². The van der Waals surface area contributed by atoms with Gasteiger partial charge in [0.05, 0.1) is 35.1 Å². The van der Waals surface area contributed by atoms with Gasteiger partial charge in [0.15, 0.2) is 9.84 Å². The number of ether oxygens (including phenoxy) is 1. The van der Waals surface area contributed by atoms with Gasteiger partial charge in [0.2, 0.25) is 5.70 Å². The lowest BCUT2D eigenvalue weighted by Crippen LogP contribution is -2.57. The van der Waals surface area contributed by atoms with E-state index in [1.165, 1.54) is 30.0 Å². The fourth-order valence-electron chi connectivity index (χ4n) is 5.87. The number of amides is 4. The van der Waals surface area contributed by atoms with E-state index in [9.17, 15) is 41.2 Å². The molecule has 0 radical (unpaired) electrons. The first kappa shape index (κ1) is 36.0. The zero-order valence-corrected chi connectivity index (χ0v) is 27.8. The van der Waals surface area contributed by atoms with Crippen molar-refractivity contribution in [3.63, 3.8) is 0 Å². The molecule has 4 rings (SSSR count). The number of carbonyl (C=O) groups excluding carboxylic acids is 3. The third kappa shape index (κ3) is 7.63. The lowest BCUT2D eigenvalue weighted by molar-refractivity contribution is -0.156. The number of nitrogens with zero attached hydrogens (tertiary/aromatic N) is 5. The Balaban J connectivity index is 1.89. The number of rotatable bonds is 5. The maximum absolute atomic E-state index is 14.4. The molecule has 1 fully saturated rings. The average molecular weight is 686 g/mol. The van der Waals surface area contributed by atoms with Crippen molar-refractivity contribution in [2.45, 2.75) is 69.7 Å². The zero-order valence-electron chi connectivity index (χ0n) is 27.0. The third-order valence-electron chi connectivity index (χ3n) is 7.88. The Morgan fingerprint density at radius 3 is 2.42 bits per heavy atom. The number of allylic oxidation sites excluding steroid dienone is 1. The maximum Gasteiger partial charge on any atom is 0.416 e. The second-order valence-corrected chi connectivity index (χ2v) is 14.7. The first-order valence-corrected chi connectivity index (χ1v) is 16.8. The molecule has 11 nitrogen and oxygen atoms in total. The fraction of sp³-hybridized carbons (Fsp3) is 0.424. The van der Waals surface area contributed by atoms with Crippen molar-refractivity contribution in [2.24, 2.45) is 5.92 Å². The van der Waals surface area contributed by atoms with Crippen molar-refractivity contribution >= 4 is 33.6 Å². The van der Waals surface area contributed by atoms with Crippen LogP contribution in [0.4, 0.5) is 28.4 Å². The molecular weight excluding hydrogens is 651 g/mol. The number of halogens is 3. The Labute approximate surface area is 276 Å². The zero-order chi connectivity index (χ0) is 35.8. The molecule has 2 aromatic rings. The highest BCUT2D eigenvalue weighted by atomic mass is 32.2. The molecule has 2 aromatic carbocycles. The molecule has 15 heteroatoms. The fourth-order valence-corrected chi connectivity index (χ4v) is 6.82. The van der Waals surface area contributed by atoms with Gasteiger partial charge in [-0.2, -0.15) is 18.4 Å². The number of sulfone groups is 1. The van der Waals surface area contributed by atoms with Crippen molar-refractivity contribution in [1.29, 1.82) is 5.26 Å². The molecule has 0 bridgehead atoms. The van der Waals surface area contributed by atoms with Gasteiger partial charge in [-0.3, -0.25) is 9.69 Å². The highest BCUT2D eigenvalue weighted by Gasteiger charge is 2.47. The van der Waals surface area contributed by atoms with Gasteiger partial charge in [-0.15, -0.1) is 0 Å². The molecule has 0 N–H and O–H groups in total. The molecule has 2 heterocycles. The average Bonchev–Trinajstić information content (AvgIpc) is 2.98. The molecule has 2 aliphatic heterocycles. The van der Waals surface area contributed by atoms with Gasteiger partial charge in [-0.1, -0.05) is 12.1 Å². The Morgan fingerprint density at radius 2 is 1.83 bits per heavy atom. The first-order chi connectivity index (χ1) is 22.3. The molecule has 2 atom stereocenters. The van der Waals surface area contributed by atoms with Crippen LogP contribution in [0.5, 0.6) is 0 Å². The summed E-state index contributed by atoms with van der Waals surface area (Å²) in [5, 5.41) is 9.46. The molecule has 0 spiro atoms. The van der Waals surface area contributed by atoms with Crippen molar-refractivity contribution < 1.29 is 40.7 Å². The molecule has 0 aliphatic carbocycles. The Hall–Kier alpha value is -4.89. The SMILES string of the molecule is [C-]#[N+]C1=C(C)N(c2cccc(C(F)(F)F)c2)C(=O)N(C(=O)N2CCC[C@@H](CC(=O)OC(C)(C)C)C2)[C@@H]1c1ccc(C#N)cc1S(C)(=O)=O. The first-order valence-electron chi connectivity index (χ1n) is 14.9. The molecule has 48 heavy (non-hydrogen) atoms. The topological polar surface area (TPSA) is 132 Å². The van der Waals surface area contributed by atoms with Crippen molar-refractivity contribution in [3.05, 3.63) is 82.0 Å². The molecule has 1 saturated heterocycles. The number of hydrogen-bond donors (Lipinski definition) is 0. The number of hydrogen-bond acceptors (Lipinski definition) is 7. The lowest BCUT2D eigenvalue weighted by Gasteiger charge is -2.44. The van der Waals surface area contributed by atoms with Gasteiger partial charge >= 0.3 is 24.2 Å². The highest BCUT2D eigenvalue weighted by molar-refractivity contribution is 7.90. The summed E-state index contributed by atoms with van der Waals surface area (Å²) >= 11 is 0. The van der Waals surface area contributed by atoms with E-state index < -0.39 is 56.1 Å². The summed E-state index contributed by atoms with van der Waals surface area (Å²) in [6.07, 6.45) is -2.90. The number of urea groups is 2. The normalized spacial score (nSPS) is 19.1. The van der Waals surface area contributed by atoms with E-state index >= 15 is 0 Å². The second-order valence-electron chi connectivity index (χ2n) is 12.7. The summed E-state index contributed by atoms with van der Waals surface area (Å²) in [5.74, 6) is -0.830. The van der Waals surface area contributed by atoms with E-state index in [0.717, 1.165) is 29.4 Å². The minimum absolute atomic E-state index is 0.0144. The number of esters is 1. The third-order valence-corrected chi connectivity index (χ3v) is 9.03. The summed E-state index contributed by atoms with van der Waals surface area (Å²) in [5.41, 5.74) is -2.66. The molecule has 4 amide bonds. The van der Waals surface area contributed by atoms with E-state index in [1.807, 2.05) is 6.07 Å². The standard InChI is InChI=1S/C33H34F3N5O6S/c1-20-28(38-5)29(25-13-12-21(18-37)15-26(25)48(6,45)46)41(31(44)40(20)24-11-7-10-23(17-24)33(34,35)36)30(43)39-14-8-9-22(19-39)16-27(42)47-32(2,3)4/h7,10-13,15,17,22,29H,8-9,14,16,19H2,1-4,6H3/t22-,29+/m0/s1. The second kappa shape index (κ2) is 13.3. The lowest BCUT2D eigenvalue weighted by atomic mass is 9.94. The van der Waals surface area contributed by atoms with E-state index in [-0.39, 0.29) is 53.6 Å². The van der Waals surface area contributed by atoms with Crippen LogP contribution in [0.1, 0.15) is 69.7 Å². The Bertz CT molecular complexity index is 1870. The van der Waals surface area contributed by atoms with Crippen molar-refractivity contribution in [1.82, 2.24) is 9.80 Å². The number of nitriles is 1. The predicted molar refractivity (Wildman–Crippen MR) is 168 cm³/mol. The highest BCUT2D eigenvalue weighted by Crippen LogP contribution is 2.44. The molecule has 0 unspecified atom stereocenters. The minimum atomic E-state index is -4.77. The minimum Gasteiger partial charge on any atom is -0.460 e. The number of alkyl halides is 3. The number of benzene rings is 2. The predicted octanol–water partition coefficient (Wildman–Crippen LogP) is 6.68. The summed E-state index contributed by atoms with van der Waals surface area (Å²) in [6, 6.07) is 5.61. The number of likely N-dealkylation sites (tertiary alicyclic amines) is 1. The van der Waals surface area contributed by atoms with Crippen LogP contribution >= 0.6 is 0 Å². The Kier molecular flexibility index (Phi) is 9.97. The van der Waals surface area contributed by atoms with Gasteiger partial charge in [0.25, 0.3) is 0 Å². The number of carbonyl (C=O) groups is 3. The van der Waals surface area contributed by atoms with Gasteiger partial charge < -0.3 is 9.64 Å². The van der Waals surface area contributed by atoms with E-state index in [1.54, 1.807) is 20.8 Å². The van der Waals surface area contributed by atoms with Crippen LogP contribution < -0.4 is 4.90 Å². The quantitative estimate of drug-likeness (QED) is 0.253. The largest absolute Gasteiger partial charge is 0.460 e. The molecular formula is C33H34F3N5O6S. The molecule has 254 valence electrons. The Morgan fingerprint density at radius 1 is 1.15 bits per heavy atom. The van der Waals surface area contributed by atoms with Crippen LogP contribution in [-0.4, -0.2) is 61.2 Å². The van der Waals surface area contributed by atoms with E-state index in [4.69, 9.17) is 11.3 Å². The van der Waals surface area contributed by atoms with Gasteiger partial charge in [-0.05, 0) is 82.3 Å². The maximum atomic E-state index is 14.4. The molecule has 2 aliphatic rings. The van der Waals surface area contributed by atoms with Crippen LogP contribution in [0.15, 0.2) is 58.8 Å². The van der Waals surface area contributed by atoms with Crippen LogP contribution in [0.3, 0.4) is 0 Å². The number of piperidine rings is 1. The monoisotopic (exact) mass is 685 g/mol.